The molecular formula is C20H26N4O3. The zero-order chi connectivity index (χ0) is 19.4. The van der Waals surface area contributed by atoms with E-state index in [1.165, 1.54) is 0 Å². The molecular weight excluding hydrogens is 344 g/mol. The average Bonchev–Trinajstić information content (AvgIpc) is 2.67. The van der Waals surface area contributed by atoms with Crippen molar-refractivity contribution in [1.82, 2.24) is 14.9 Å². The number of amides is 1. The summed E-state index contributed by atoms with van der Waals surface area (Å²) in [4.78, 5) is 25.0. The molecule has 27 heavy (non-hydrogen) atoms. The van der Waals surface area contributed by atoms with Gasteiger partial charge in [-0.05, 0) is 30.5 Å². The number of aromatic nitrogens is 2. The van der Waals surface area contributed by atoms with Crippen LogP contribution in [0.15, 0.2) is 36.5 Å². The van der Waals surface area contributed by atoms with E-state index in [9.17, 15) is 15.0 Å². The number of anilines is 1. The summed E-state index contributed by atoms with van der Waals surface area (Å²) in [6.07, 6.45) is 1.23. The summed E-state index contributed by atoms with van der Waals surface area (Å²) in [6, 6.07) is 8.80. The van der Waals surface area contributed by atoms with Crippen LogP contribution in [-0.4, -0.2) is 63.3 Å². The maximum absolute atomic E-state index is 12.4. The Morgan fingerprint density at radius 2 is 1.85 bits per heavy atom. The number of hydrogen-bond acceptors (Lipinski definition) is 6. The number of phenols is 1. The zero-order valence-corrected chi connectivity index (χ0v) is 15.7. The number of carbonyl (C=O) groups excluding carboxylic acids is 1. The van der Waals surface area contributed by atoms with Gasteiger partial charge in [0.15, 0.2) is 5.82 Å². The highest BCUT2D eigenvalue weighted by Gasteiger charge is 2.27. The molecule has 0 radical (unpaired) electrons. The quantitative estimate of drug-likeness (QED) is 0.836. The van der Waals surface area contributed by atoms with Crippen molar-refractivity contribution in [3.8, 4) is 17.1 Å². The molecule has 2 aromatic rings. The van der Waals surface area contributed by atoms with Gasteiger partial charge in [-0.15, -0.1) is 0 Å². The van der Waals surface area contributed by atoms with Gasteiger partial charge in [0.2, 0.25) is 0 Å². The van der Waals surface area contributed by atoms with E-state index >= 15 is 0 Å². The summed E-state index contributed by atoms with van der Waals surface area (Å²) in [5.74, 6) is 1.46. The fraction of sp³-hybridized carbons (Fsp3) is 0.450. The van der Waals surface area contributed by atoms with E-state index in [0.29, 0.717) is 44.0 Å². The molecule has 7 heteroatoms. The van der Waals surface area contributed by atoms with Crippen LogP contribution >= 0.6 is 0 Å². The van der Waals surface area contributed by atoms with Crippen molar-refractivity contribution in [2.24, 2.45) is 5.92 Å². The Hall–Kier alpha value is -2.67. The van der Waals surface area contributed by atoms with Crippen LogP contribution in [0.1, 0.15) is 20.3 Å². The molecule has 2 heterocycles. The summed E-state index contributed by atoms with van der Waals surface area (Å²) < 4.78 is 0. The minimum atomic E-state index is -0.928. The molecule has 1 aliphatic rings. The molecule has 0 unspecified atom stereocenters. The Balaban J connectivity index is 1.66. The van der Waals surface area contributed by atoms with E-state index in [4.69, 9.17) is 0 Å². The molecule has 1 fully saturated rings. The van der Waals surface area contributed by atoms with Crippen LogP contribution in [0.3, 0.4) is 0 Å². The second-order valence-corrected chi connectivity index (χ2v) is 7.21. The molecule has 144 valence electrons. The van der Waals surface area contributed by atoms with Crippen LogP contribution in [0.2, 0.25) is 0 Å². The van der Waals surface area contributed by atoms with Gasteiger partial charge in [0.25, 0.3) is 5.91 Å². The molecule has 0 saturated carbocycles. The lowest BCUT2D eigenvalue weighted by Gasteiger charge is -2.36. The van der Waals surface area contributed by atoms with Crippen LogP contribution in [0.5, 0.6) is 5.75 Å². The molecule has 0 spiro atoms. The van der Waals surface area contributed by atoms with Crippen LogP contribution in [0, 0.1) is 5.92 Å². The first-order valence-electron chi connectivity index (χ1n) is 9.29. The van der Waals surface area contributed by atoms with E-state index in [1.807, 2.05) is 26.0 Å². The van der Waals surface area contributed by atoms with Crippen LogP contribution in [0.25, 0.3) is 11.4 Å². The van der Waals surface area contributed by atoms with E-state index in [2.05, 4.69) is 14.9 Å². The number of para-hydroxylation sites is 1. The highest BCUT2D eigenvalue weighted by Crippen LogP contribution is 2.27. The van der Waals surface area contributed by atoms with Gasteiger partial charge in [0.05, 0.1) is 5.56 Å². The maximum atomic E-state index is 12.4. The predicted octanol–water partition coefficient (Wildman–Crippen LogP) is 1.90. The minimum absolute atomic E-state index is 0.143. The van der Waals surface area contributed by atoms with E-state index in [1.54, 1.807) is 29.3 Å². The normalized spacial score (nSPS) is 15.9. The van der Waals surface area contributed by atoms with Gasteiger partial charge in [0.1, 0.15) is 17.7 Å². The zero-order valence-electron chi connectivity index (χ0n) is 15.7. The lowest BCUT2D eigenvalue weighted by Crippen LogP contribution is -2.51. The van der Waals surface area contributed by atoms with Crippen LogP contribution in [-0.2, 0) is 4.79 Å². The summed E-state index contributed by atoms with van der Waals surface area (Å²) >= 11 is 0. The third-order valence-corrected chi connectivity index (χ3v) is 4.68. The Kier molecular flexibility index (Phi) is 5.91. The first kappa shape index (κ1) is 19.1. The second kappa shape index (κ2) is 8.35. The number of phenolic OH excluding ortho intramolecular Hbond substituents is 1. The molecule has 2 N–H and O–H groups in total. The average molecular weight is 370 g/mol. The van der Waals surface area contributed by atoms with Gasteiger partial charge < -0.3 is 20.0 Å². The number of aromatic hydroxyl groups is 1. The number of piperazine rings is 1. The summed E-state index contributed by atoms with van der Waals surface area (Å²) in [7, 11) is 0. The van der Waals surface area contributed by atoms with E-state index < -0.39 is 6.10 Å². The van der Waals surface area contributed by atoms with Crippen molar-refractivity contribution >= 4 is 11.7 Å². The molecule has 0 bridgehead atoms. The second-order valence-electron chi connectivity index (χ2n) is 7.21. The number of benzene rings is 1. The molecule has 1 amide bonds. The number of aliphatic hydroxyl groups excluding tert-OH is 1. The van der Waals surface area contributed by atoms with Crippen molar-refractivity contribution in [3.05, 3.63) is 36.5 Å². The molecule has 1 aliphatic heterocycles. The Morgan fingerprint density at radius 3 is 2.52 bits per heavy atom. The first-order chi connectivity index (χ1) is 13.0. The Bertz CT molecular complexity index is 788. The molecule has 7 nitrogen and oxygen atoms in total. The Labute approximate surface area is 159 Å². The highest BCUT2D eigenvalue weighted by molar-refractivity contribution is 5.81. The lowest BCUT2D eigenvalue weighted by atomic mass is 10.0. The molecule has 1 atom stereocenters. The minimum Gasteiger partial charge on any atom is -0.507 e. The molecule has 1 saturated heterocycles. The summed E-state index contributed by atoms with van der Waals surface area (Å²) in [6.45, 7) is 6.35. The third-order valence-electron chi connectivity index (χ3n) is 4.68. The Morgan fingerprint density at radius 1 is 1.15 bits per heavy atom. The fourth-order valence-corrected chi connectivity index (χ4v) is 3.23. The highest BCUT2D eigenvalue weighted by atomic mass is 16.3. The van der Waals surface area contributed by atoms with Crippen molar-refractivity contribution in [3.63, 3.8) is 0 Å². The standard InChI is InChI=1S/C20H26N4O3/c1-14(2)13-17(26)20(27)24-11-9-23(10-12-24)18-7-8-21-19(22-18)15-5-3-4-6-16(15)25/h3-8,14,17,25-26H,9-13H2,1-2H3/t17-/m1/s1. The maximum Gasteiger partial charge on any atom is 0.251 e. The van der Waals surface area contributed by atoms with E-state index in [-0.39, 0.29) is 17.6 Å². The molecule has 1 aromatic carbocycles. The smallest absolute Gasteiger partial charge is 0.251 e. The predicted molar refractivity (Wildman–Crippen MR) is 103 cm³/mol. The number of aliphatic hydroxyl groups is 1. The van der Waals surface area contributed by atoms with E-state index in [0.717, 1.165) is 5.82 Å². The van der Waals surface area contributed by atoms with Crippen molar-refractivity contribution in [2.75, 3.05) is 31.1 Å². The molecule has 3 rings (SSSR count). The van der Waals surface area contributed by atoms with Crippen LogP contribution in [0.4, 0.5) is 5.82 Å². The molecule has 1 aromatic heterocycles. The van der Waals surface area contributed by atoms with Gasteiger partial charge >= 0.3 is 0 Å². The van der Waals surface area contributed by atoms with Gasteiger partial charge in [0, 0.05) is 32.4 Å². The fourth-order valence-electron chi connectivity index (χ4n) is 3.23. The van der Waals surface area contributed by atoms with Gasteiger partial charge in [-0.3, -0.25) is 4.79 Å². The third kappa shape index (κ3) is 4.54. The van der Waals surface area contributed by atoms with Crippen molar-refractivity contribution in [1.29, 1.82) is 0 Å². The van der Waals surface area contributed by atoms with Crippen LogP contribution < -0.4 is 4.90 Å². The number of carbonyl (C=O) groups is 1. The largest absolute Gasteiger partial charge is 0.507 e. The van der Waals surface area contributed by atoms with Gasteiger partial charge in [-0.1, -0.05) is 26.0 Å². The van der Waals surface area contributed by atoms with Gasteiger partial charge in [-0.25, -0.2) is 9.97 Å². The SMILES string of the molecule is CC(C)C[C@@H](O)C(=O)N1CCN(c2ccnc(-c3ccccc3O)n2)CC1. The lowest BCUT2D eigenvalue weighted by molar-refractivity contribution is -0.141. The summed E-state index contributed by atoms with van der Waals surface area (Å²) in [5, 5.41) is 20.1. The monoisotopic (exact) mass is 370 g/mol. The van der Waals surface area contributed by atoms with Gasteiger partial charge in [-0.2, -0.15) is 0 Å². The summed E-state index contributed by atoms with van der Waals surface area (Å²) in [5.41, 5.74) is 0.588. The topological polar surface area (TPSA) is 89.8 Å². The van der Waals surface area contributed by atoms with Crippen molar-refractivity contribution < 1.29 is 15.0 Å². The first-order valence-corrected chi connectivity index (χ1v) is 9.29. The number of nitrogens with zero attached hydrogens (tertiary/aromatic N) is 4. The van der Waals surface area contributed by atoms with Crippen molar-refractivity contribution in [2.45, 2.75) is 26.4 Å². The number of hydrogen-bond donors (Lipinski definition) is 2. The number of rotatable bonds is 5. The molecule has 0 aliphatic carbocycles.